The summed E-state index contributed by atoms with van der Waals surface area (Å²) in [5.74, 6) is -0.152. The molecule has 35 heavy (non-hydrogen) atoms. The Kier molecular flexibility index (Phi) is 9.68. The van der Waals surface area contributed by atoms with Crippen LogP contribution >= 0.6 is 0 Å². The lowest BCUT2D eigenvalue weighted by atomic mass is 10.1. The maximum atomic E-state index is 13.3. The highest BCUT2D eigenvalue weighted by atomic mass is 16.5. The molecule has 0 aliphatic carbocycles. The molecule has 0 atom stereocenters. The molecule has 1 aromatic heterocycles. The molecular formula is C25H37N5O5. The van der Waals surface area contributed by atoms with E-state index in [2.05, 4.69) is 4.98 Å². The number of nitrogens with two attached hydrogens (primary N) is 1. The molecule has 0 unspecified atom stereocenters. The highest BCUT2D eigenvalue weighted by Gasteiger charge is 2.27. The number of ether oxygens (including phenoxy) is 1. The van der Waals surface area contributed by atoms with E-state index in [4.69, 9.17) is 10.5 Å². The molecule has 1 heterocycles. The van der Waals surface area contributed by atoms with Crippen LogP contribution in [0.5, 0.6) is 5.75 Å². The number of anilines is 2. The fourth-order valence-electron chi connectivity index (χ4n) is 3.56. The van der Waals surface area contributed by atoms with Crippen molar-refractivity contribution in [3.63, 3.8) is 0 Å². The molecule has 0 spiro atoms. The predicted octanol–water partition coefficient (Wildman–Crippen LogP) is 2.32. The summed E-state index contributed by atoms with van der Waals surface area (Å²) in [5, 5.41) is 0. The molecule has 2 rings (SSSR count). The minimum atomic E-state index is -0.738. The van der Waals surface area contributed by atoms with Gasteiger partial charge in [0.2, 0.25) is 5.91 Å². The average Bonchev–Trinajstić information content (AvgIpc) is 2.79. The molecule has 0 bridgehead atoms. The van der Waals surface area contributed by atoms with Crippen molar-refractivity contribution in [3.8, 4) is 5.75 Å². The summed E-state index contributed by atoms with van der Waals surface area (Å²) in [4.78, 5) is 56.1. The first-order chi connectivity index (χ1) is 16.5. The molecule has 2 amide bonds. The number of nitrogen functional groups attached to an aromatic ring is 1. The third-order valence-corrected chi connectivity index (χ3v) is 5.17. The lowest BCUT2D eigenvalue weighted by molar-refractivity contribution is -0.119. The van der Waals surface area contributed by atoms with Gasteiger partial charge >= 0.3 is 5.69 Å². The maximum absolute atomic E-state index is 13.3. The lowest BCUT2D eigenvalue weighted by Gasteiger charge is -2.28. The van der Waals surface area contributed by atoms with Gasteiger partial charge in [0.05, 0.1) is 6.61 Å². The van der Waals surface area contributed by atoms with E-state index in [-0.39, 0.29) is 48.9 Å². The molecule has 0 radical (unpaired) electrons. The van der Waals surface area contributed by atoms with Crippen LogP contribution in [0.25, 0.3) is 0 Å². The number of likely N-dealkylation sites (N-methyl/N-ethyl adjacent to an activating group) is 1. The van der Waals surface area contributed by atoms with Gasteiger partial charge in [0, 0.05) is 25.7 Å². The molecule has 0 saturated carbocycles. The Balaban J connectivity index is 2.32. The van der Waals surface area contributed by atoms with E-state index in [0.717, 1.165) is 6.42 Å². The Labute approximate surface area is 205 Å². The molecule has 2 aromatic rings. The second-order valence-electron chi connectivity index (χ2n) is 9.43. The quantitative estimate of drug-likeness (QED) is 0.500. The van der Waals surface area contributed by atoms with Crippen LogP contribution < -0.4 is 26.6 Å². The summed E-state index contributed by atoms with van der Waals surface area (Å²) in [6, 6.07) is 6.71. The summed E-state index contributed by atoms with van der Waals surface area (Å²) in [6.45, 7) is 10.4. The molecule has 0 aliphatic heterocycles. The zero-order valence-corrected chi connectivity index (χ0v) is 21.5. The standard InChI is InChI=1S/C25H37N5O5/c1-7-12-35-19-10-8-18(9-11-19)24(33)28(6)15-20(31)29(13-16(2)3)21-22(26)30(14-17(4)5)25(34)27-23(21)32/h8-11,16-17H,7,12-15,26H2,1-6H3,(H,27,32,34). The number of carbonyl (C=O) groups excluding carboxylic acids is 2. The maximum Gasteiger partial charge on any atom is 0.330 e. The van der Waals surface area contributed by atoms with Crippen molar-refractivity contribution in [2.24, 2.45) is 11.8 Å². The fourth-order valence-corrected chi connectivity index (χ4v) is 3.56. The number of H-pyrrole nitrogens is 1. The number of nitrogens with one attached hydrogen (secondary N) is 1. The van der Waals surface area contributed by atoms with E-state index >= 15 is 0 Å². The van der Waals surface area contributed by atoms with Crippen molar-refractivity contribution in [2.75, 3.05) is 37.4 Å². The Morgan fingerprint density at radius 2 is 1.71 bits per heavy atom. The van der Waals surface area contributed by atoms with Crippen molar-refractivity contribution < 1.29 is 14.3 Å². The van der Waals surface area contributed by atoms with Gasteiger partial charge in [-0.2, -0.15) is 0 Å². The van der Waals surface area contributed by atoms with Crippen molar-refractivity contribution in [2.45, 2.75) is 47.6 Å². The molecule has 1 aromatic carbocycles. The summed E-state index contributed by atoms with van der Waals surface area (Å²) >= 11 is 0. The topological polar surface area (TPSA) is 131 Å². The predicted molar refractivity (Wildman–Crippen MR) is 137 cm³/mol. The van der Waals surface area contributed by atoms with E-state index in [0.29, 0.717) is 17.9 Å². The zero-order valence-electron chi connectivity index (χ0n) is 21.5. The van der Waals surface area contributed by atoms with Crippen LogP contribution in [0.2, 0.25) is 0 Å². The van der Waals surface area contributed by atoms with Crippen LogP contribution in [-0.2, 0) is 11.3 Å². The molecule has 0 fully saturated rings. The highest BCUT2D eigenvalue weighted by molar-refractivity contribution is 6.01. The van der Waals surface area contributed by atoms with Crippen LogP contribution in [0.1, 0.15) is 51.4 Å². The van der Waals surface area contributed by atoms with E-state index in [9.17, 15) is 19.2 Å². The number of nitrogens with zero attached hydrogens (tertiary/aromatic N) is 3. The van der Waals surface area contributed by atoms with Crippen LogP contribution in [0, 0.1) is 11.8 Å². The van der Waals surface area contributed by atoms with Gasteiger partial charge in [-0.1, -0.05) is 34.6 Å². The van der Waals surface area contributed by atoms with E-state index in [1.807, 2.05) is 34.6 Å². The van der Waals surface area contributed by atoms with Crippen molar-refractivity contribution >= 4 is 23.3 Å². The molecule has 192 valence electrons. The fraction of sp³-hybridized carbons (Fsp3) is 0.520. The number of hydrogen-bond acceptors (Lipinski definition) is 6. The van der Waals surface area contributed by atoms with E-state index in [1.54, 1.807) is 24.3 Å². The SMILES string of the molecule is CCCOc1ccc(C(=O)N(C)CC(=O)N(CC(C)C)c2c(N)n(CC(C)C)c(=O)[nH]c2=O)cc1. The number of carbonyl (C=O) groups is 2. The van der Waals surface area contributed by atoms with Crippen molar-refractivity contribution in [1.29, 1.82) is 0 Å². The van der Waals surface area contributed by atoms with Crippen LogP contribution in [0.15, 0.2) is 33.9 Å². The zero-order chi connectivity index (χ0) is 26.3. The molecule has 0 saturated heterocycles. The molecule has 3 N–H and O–H groups in total. The van der Waals surface area contributed by atoms with Gasteiger partial charge < -0.3 is 20.3 Å². The lowest BCUT2D eigenvalue weighted by Crippen LogP contribution is -2.47. The third kappa shape index (κ3) is 7.21. The largest absolute Gasteiger partial charge is 0.494 e. The van der Waals surface area contributed by atoms with Crippen LogP contribution in [0.3, 0.4) is 0 Å². The number of aromatic nitrogens is 2. The van der Waals surface area contributed by atoms with E-state index in [1.165, 1.54) is 21.4 Å². The van der Waals surface area contributed by atoms with Crippen molar-refractivity contribution in [3.05, 3.63) is 50.7 Å². The summed E-state index contributed by atoms with van der Waals surface area (Å²) in [6.07, 6.45) is 0.876. The summed E-state index contributed by atoms with van der Waals surface area (Å²) < 4.78 is 6.81. The minimum Gasteiger partial charge on any atom is -0.494 e. The van der Waals surface area contributed by atoms with E-state index < -0.39 is 17.2 Å². The second kappa shape index (κ2) is 12.2. The van der Waals surface area contributed by atoms with Crippen LogP contribution in [0.4, 0.5) is 11.5 Å². The monoisotopic (exact) mass is 487 g/mol. The highest BCUT2D eigenvalue weighted by Crippen LogP contribution is 2.20. The average molecular weight is 488 g/mol. The number of aromatic amines is 1. The van der Waals surface area contributed by atoms with Gasteiger partial charge in [-0.15, -0.1) is 0 Å². The summed E-state index contributed by atoms with van der Waals surface area (Å²) in [5.41, 5.74) is 5.20. The van der Waals surface area contributed by atoms with Gasteiger partial charge in [0.15, 0.2) is 5.69 Å². The molecule has 10 nitrogen and oxygen atoms in total. The Morgan fingerprint density at radius 1 is 1.09 bits per heavy atom. The number of rotatable bonds is 11. The van der Waals surface area contributed by atoms with Crippen LogP contribution in [-0.4, -0.2) is 53.0 Å². The summed E-state index contributed by atoms with van der Waals surface area (Å²) in [7, 11) is 1.52. The number of amides is 2. The van der Waals surface area contributed by atoms with Gasteiger partial charge in [-0.05, 0) is 42.5 Å². The smallest absolute Gasteiger partial charge is 0.330 e. The number of benzene rings is 1. The molecule has 0 aliphatic rings. The first-order valence-electron chi connectivity index (χ1n) is 11.9. The van der Waals surface area contributed by atoms with Gasteiger partial charge in [0.1, 0.15) is 18.1 Å². The van der Waals surface area contributed by atoms with Gasteiger partial charge in [-0.25, -0.2) is 4.79 Å². The molecule has 10 heteroatoms. The third-order valence-electron chi connectivity index (χ3n) is 5.17. The Morgan fingerprint density at radius 3 is 2.26 bits per heavy atom. The first-order valence-corrected chi connectivity index (χ1v) is 11.9. The van der Waals surface area contributed by atoms with Gasteiger partial charge in [-0.3, -0.25) is 23.9 Å². The molecular weight excluding hydrogens is 450 g/mol. The normalized spacial score (nSPS) is 11.1. The minimum absolute atomic E-state index is 0.0000930. The Bertz CT molecular complexity index is 1130. The van der Waals surface area contributed by atoms with Gasteiger partial charge in [0.25, 0.3) is 11.5 Å². The first kappa shape index (κ1) is 27.7. The number of hydrogen-bond donors (Lipinski definition) is 2. The Hall–Kier alpha value is -3.56. The van der Waals surface area contributed by atoms with Crippen molar-refractivity contribution in [1.82, 2.24) is 14.5 Å². The second-order valence-corrected chi connectivity index (χ2v) is 9.43.